The first-order valence-electron chi connectivity index (χ1n) is 9.94. The third kappa shape index (κ3) is 7.41. The second-order valence-electron chi connectivity index (χ2n) is 7.07. The minimum Gasteiger partial charge on any atom is -0.379 e. The molecule has 1 aliphatic rings. The molecule has 0 aromatic heterocycles. The summed E-state index contributed by atoms with van der Waals surface area (Å²) in [5, 5.41) is 3.31. The first-order valence-corrected chi connectivity index (χ1v) is 12.0. The Kier molecular flexibility index (Phi) is 9.21. The van der Waals surface area contributed by atoms with Crippen LogP contribution in [0.3, 0.4) is 0 Å². The predicted molar refractivity (Wildman–Crippen MR) is 115 cm³/mol. The fourth-order valence-electron chi connectivity index (χ4n) is 3.50. The van der Waals surface area contributed by atoms with E-state index in [-0.39, 0.29) is 12.4 Å². The molecule has 158 valence electrons. The number of benzene rings is 1. The molecule has 0 radical (unpaired) electrons. The number of aliphatic imine (C=N–C) groups is 1. The van der Waals surface area contributed by atoms with E-state index in [1.807, 2.05) is 0 Å². The van der Waals surface area contributed by atoms with E-state index in [1.54, 1.807) is 7.05 Å². The standard InChI is InChI=1S/C20H34N4O3S/c1-4-19(18-8-6-5-7-9-18)23-11-13-24(14-12-23)20(21-2)22-10-15-27-16-17-28(3,25)26/h5-9,19H,4,10-17H2,1-3H3,(H,21,22). The Balaban J connectivity index is 1.74. The van der Waals surface area contributed by atoms with Crippen molar-refractivity contribution in [2.45, 2.75) is 19.4 Å². The van der Waals surface area contributed by atoms with Crippen molar-refractivity contribution >= 4 is 15.8 Å². The quantitative estimate of drug-likeness (QED) is 0.377. The number of hydrogen-bond donors (Lipinski definition) is 1. The molecule has 1 atom stereocenters. The highest BCUT2D eigenvalue weighted by atomic mass is 32.2. The molecular formula is C20H34N4O3S. The number of nitrogens with zero attached hydrogens (tertiary/aromatic N) is 3. The van der Waals surface area contributed by atoms with Crippen molar-refractivity contribution in [2.75, 3.05) is 65.0 Å². The third-order valence-corrected chi connectivity index (χ3v) is 5.87. The van der Waals surface area contributed by atoms with Crippen molar-refractivity contribution in [1.82, 2.24) is 15.1 Å². The van der Waals surface area contributed by atoms with Gasteiger partial charge in [-0.05, 0) is 12.0 Å². The van der Waals surface area contributed by atoms with E-state index in [9.17, 15) is 8.42 Å². The molecule has 1 aromatic carbocycles. The van der Waals surface area contributed by atoms with Gasteiger partial charge in [-0.25, -0.2) is 8.42 Å². The lowest BCUT2D eigenvalue weighted by atomic mass is 10.0. The molecule has 1 heterocycles. The Morgan fingerprint density at radius 2 is 1.86 bits per heavy atom. The topological polar surface area (TPSA) is 74.2 Å². The number of guanidine groups is 1. The molecule has 1 fully saturated rings. The van der Waals surface area contributed by atoms with Gasteiger partial charge < -0.3 is 15.0 Å². The number of rotatable bonds is 9. The second kappa shape index (κ2) is 11.4. The van der Waals surface area contributed by atoms with Crippen LogP contribution < -0.4 is 5.32 Å². The van der Waals surface area contributed by atoms with E-state index in [4.69, 9.17) is 4.74 Å². The lowest BCUT2D eigenvalue weighted by molar-refractivity contribution is 0.125. The van der Waals surface area contributed by atoms with Gasteiger partial charge in [0, 0.05) is 52.1 Å². The van der Waals surface area contributed by atoms with Gasteiger partial charge in [0.1, 0.15) is 9.84 Å². The molecule has 1 aromatic rings. The smallest absolute Gasteiger partial charge is 0.193 e. The average Bonchev–Trinajstić information content (AvgIpc) is 2.69. The minimum absolute atomic E-state index is 0.0592. The van der Waals surface area contributed by atoms with Crippen LogP contribution >= 0.6 is 0 Å². The molecule has 0 bridgehead atoms. The number of hydrogen-bond acceptors (Lipinski definition) is 5. The average molecular weight is 411 g/mol. The fourth-order valence-corrected chi connectivity index (χ4v) is 3.93. The van der Waals surface area contributed by atoms with Crippen LogP contribution in [-0.2, 0) is 14.6 Å². The molecule has 28 heavy (non-hydrogen) atoms. The zero-order valence-electron chi connectivity index (χ0n) is 17.3. The molecule has 1 unspecified atom stereocenters. The van der Waals surface area contributed by atoms with E-state index >= 15 is 0 Å². The van der Waals surface area contributed by atoms with Crippen molar-refractivity contribution in [3.05, 3.63) is 35.9 Å². The highest BCUT2D eigenvalue weighted by molar-refractivity contribution is 7.90. The Hall–Kier alpha value is -1.64. The highest BCUT2D eigenvalue weighted by Gasteiger charge is 2.25. The summed E-state index contributed by atoms with van der Waals surface area (Å²) in [6.07, 6.45) is 2.32. The molecule has 0 spiro atoms. The largest absolute Gasteiger partial charge is 0.379 e. The summed E-state index contributed by atoms with van der Waals surface area (Å²) >= 11 is 0. The van der Waals surface area contributed by atoms with E-state index < -0.39 is 9.84 Å². The maximum absolute atomic E-state index is 11.1. The maximum atomic E-state index is 11.1. The Bertz CT molecular complexity index is 701. The van der Waals surface area contributed by atoms with Crippen LogP contribution in [0.5, 0.6) is 0 Å². The molecule has 1 aliphatic heterocycles. The number of nitrogens with one attached hydrogen (secondary N) is 1. The van der Waals surface area contributed by atoms with Gasteiger partial charge in [-0.3, -0.25) is 9.89 Å². The Morgan fingerprint density at radius 3 is 2.43 bits per heavy atom. The lowest BCUT2D eigenvalue weighted by Gasteiger charge is -2.40. The van der Waals surface area contributed by atoms with Crippen molar-refractivity contribution in [2.24, 2.45) is 4.99 Å². The van der Waals surface area contributed by atoms with E-state index in [2.05, 4.69) is 57.4 Å². The van der Waals surface area contributed by atoms with Gasteiger partial charge in [0.2, 0.25) is 0 Å². The van der Waals surface area contributed by atoms with Gasteiger partial charge in [-0.15, -0.1) is 0 Å². The zero-order valence-corrected chi connectivity index (χ0v) is 18.1. The normalized spacial score (nSPS) is 17.5. The van der Waals surface area contributed by atoms with Crippen LogP contribution in [0, 0.1) is 0 Å². The zero-order chi connectivity index (χ0) is 20.4. The summed E-state index contributed by atoms with van der Waals surface area (Å²) in [5.74, 6) is 0.933. The summed E-state index contributed by atoms with van der Waals surface area (Å²) in [6, 6.07) is 11.2. The van der Waals surface area contributed by atoms with Gasteiger partial charge in [0.05, 0.1) is 19.0 Å². The summed E-state index contributed by atoms with van der Waals surface area (Å²) in [4.78, 5) is 9.20. The second-order valence-corrected chi connectivity index (χ2v) is 9.33. The summed E-state index contributed by atoms with van der Waals surface area (Å²) < 4.78 is 27.6. The van der Waals surface area contributed by atoms with Crippen LogP contribution in [0.15, 0.2) is 35.3 Å². The number of piperazine rings is 1. The van der Waals surface area contributed by atoms with Crippen LogP contribution in [0.1, 0.15) is 24.9 Å². The molecule has 1 N–H and O–H groups in total. The maximum Gasteiger partial charge on any atom is 0.193 e. The van der Waals surface area contributed by atoms with Gasteiger partial charge in [0.15, 0.2) is 5.96 Å². The summed E-state index contributed by atoms with van der Waals surface area (Å²) in [7, 11) is -1.18. The third-order valence-electron chi connectivity index (χ3n) is 4.97. The SMILES string of the molecule is CCC(c1ccccc1)N1CCN(C(=NC)NCCOCCS(C)(=O)=O)CC1. The van der Waals surface area contributed by atoms with E-state index in [1.165, 1.54) is 11.8 Å². The van der Waals surface area contributed by atoms with E-state index in [0.29, 0.717) is 19.2 Å². The summed E-state index contributed by atoms with van der Waals surface area (Å²) in [5.41, 5.74) is 1.38. The monoisotopic (exact) mass is 410 g/mol. The molecular weight excluding hydrogens is 376 g/mol. The van der Waals surface area contributed by atoms with Crippen LogP contribution in [0.4, 0.5) is 0 Å². The van der Waals surface area contributed by atoms with Crippen molar-refractivity contribution in [3.8, 4) is 0 Å². The van der Waals surface area contributed by atoms with Gasteiger partial charge in [-0.1, -0.05) is 37.3 Å². The van der Waals surface area contributed by atoms with Gasteiger partial charge in [-0.2, -0.15) is 0 Å². The Labute approximate surface area is 169 Å². The van der Waals surface area contributed by atoms with Gasteiger partial charge >= 0.3 is 0 Å². The molecule has 0 aliphatic carbocycles. The lowest BCUT2D eigenvalue weighted by Crippen LogP contribution is -2.53. The van der Waals surface area contributed by atoms with Crippen molar-refractivity contribution < 1.29 is 13.2 Å². The highest BCUT2D eigenvalue weighted by Crippen LogP contribution is 2.25. The molecule has 0 amide bonds. The van der Waals surface area contributed by atoms with Crippen LogP contribution in [-0.4, -0.2) is 89.2 Å². The Morgan fingerprint density at radius 1 is 1.18 bits per heavy atom. The van der Waals surface area contributed by atoms with Crippen LogP contribution in [0.2, 0.25) is 0 Å². The van der Waals surface area contributed by atoms with Crippen molar-refractivity contribution in [3.63, 3.8) is 0 Å². The first-order chi connectivity index (χ1) is 13.4. The molecule has 2 rings (SSSR count). The fraction of sp³-hybridized carbons (Fsp3) is 0.650. The van der Waals surface area contributed by atoms with Crippen LogP contribution in [0.25, 0.3) is 0 Å². The van der Waals surface area contributed by atoms with E-state index in [0.717, 1.165) is 38.6 Å². The molecule has 1 saturated heterocycles. The predicted octanol–water partition coefficient (Wildman–Crippen LogP) is 1.39. The molecule has 8 heteroatoms. The minimum atomic E-state index is -2.97. The molecule has 7 nitrogen and oxygen atoms in total. The summed E-state index contributed by atoms with van der Waals surface area (Å²) in [6.45, 7) is 7.40. The van der Waals surface area contributed by atoms with Crippen molar-refractivity contribution in [1.29, 1.82) is 0 Å². The first kappa shape index (κ1) is 22.6. The number of ether oxygens (including phenoxy) is 1. The molecule has 0 saturated carbocycles. The van der Waals surface area contributed by atoms with Gasteiger partial charge in [0.25, 0.3) is 0 Å². The number of sulfone groups is 1.